The zero-order chi connectivity index (χ0) is 22.0. The molecule has 0 spiro atoms. The average Bonchev–Trinajstić information content (AvgIpc) is 3.07. The van der Waals surface area contributed by atoms with Crippen molar-refractivity contribution >= 4 is 51.7 Å². The summed E-state index contributed by atoms with van der Waals surface area (Å²) in [6, 6.07) is 14.7. The summed E-state index contributed by atoms with van der Waals surface area (Å²) in [5.74, 6) is 0.0589. The highest BCUT2D eigenvalue weighted by molar-refractivity contribution is 8.26. The molecule has 7 nitrogen and oxygen atoms in total. The molecule has 1 fully saturated rings. The number of aromatic nitrogens is 2. The van der Waals surface area contributed by atoms with E-state index in [1.165, 1.54) is 10.5 Å². The van der Waals surface area contributed by atoms with Gasteiger partial charge in [-0.05, 0) is 30.7 Å². The van der Waals surface area contributed by atoms with Gasteiger partial charge in [0.25, 0.3) is 11.5 Å². The van der Waals surface area contributed by atoms with E-state index in [4.69, 9.17) is 12.2 Å². The smallest absolute Gasteiger partial charge is 0.267 e. The van der Waals surface area contributed by atoms with E-state index in [1.54, 1.807) is 29.3 Å². The van der Waals surface area contributed by atoms with Crippen LogP contribution in [0.25, 0.3) is 11.7 Å². The summed E-state index contributed by atoms with van der Waals surface area (Å²) in [6.07, 6.45) is 3.16. The number of aliphatic hydroxyl groups is 1. The summed E-state index contributed by atoms with van der Waals surface area (Å²) in [6.45, 7) is 2.03. The van der Waals surface area contributed by atoms with Crippen LogP contribution >= 0.6 is 24.0 Å². The van der Waals surface area contributed by atoms with Gasteiger partial charge in [-0.1, -0.05) is 60.4 Å². The number of carbonyl (C=O) groups excluding carboxylic acids is 1. The van der Waals surface area contributed by atoms with Crippen LogP contribution in [0.5, 0.6) is 0 Å². The van der Waals surface area contributed by atoms with Crippen molar-refractivity contribution in [2.75, 3.05) is 18.5 Å². The Kier molecular flexibility index (Phi) is 6.17. The van der Waals surface area contributed by atoms with Crippen molar-refractivity contribution in [2.45, 2.75) is 13.0 Å². The minimum Gasteiger partial charge on any atom is -0.395 e. The van der Waals surface area contributed by atoms with Gasteiger partial charge in [-0.25, -0.2) is 4.98 Å². The summed E-state index contributed by atoms with van der Waals surface area (Å²) in [7, 11) is 0. The largest absolute Gasteiger partial charge is 0.395 e. The Labute approximate surface area is 188 Å². The van der Waals surface area contributed by atoms with Gasteiger partial charge in [-0.2, -0.15) is 0 Å². The van der Waals surface area contributed by atoms with Crippen LogP contribution in [0.4, 0.5) is 5.82 Å². The lowest BCUT2D eigenvalue weighted by atomic mass is 10.1. The molecule has 3 heterocycles. The molecule has 0 unspecified atom stereocenters. The quantitative estimate of drug-likeness (QED) is 0.439. The molecule has 3 aromatic rings. The highest BCUT2D eigenvalue weighted by atomic mass is 32.2. The second-order valence-electron chi connectivity index (χ2n) is 6.90. The number of nitrogens with zero attached hydrogens (tertiary/aromatic N) is 3. The Morgan fingerprint density at radius 2 is 1.94 bits per heavy atom. The van der Waals surface area contributed by atoms with Gasteiger partial charge in [0.05, 0.1) is 23.1 Å². The molecule has 2 aromatic heterocycles. The van der Waals surface area contributed by atoms with Crippen LogP contribution in [0.1, 0.15) is 24.1 Å². The number of benzene rings is 1. The second-order valence-corrected chi connectivity index (χ2v) is 8.57. The number of hydrogen-bond acceptors (Lipinski definition) is 7. The molecule has 1 atom stereocenters. The number of aliphatic hydroxyl groups excluding tert-OH is 1. The highest BCUT2D eigenvalue weighted by Crippen LogP contribution is 2.38. The number of anilines is 1. The van der Waals surface area contributed by atoms with E-state index < -0.39 is 0 Å². The van der Waals surface area contributed by atoms with Crippen LogP contribution in [0.3, 0.4) is 0 Å². The molecule has 0 aliphatic carbocycles. The molecule has 158 valence electrons. The SMILES string of the molecule is C[C@H](c1ccccc1)N1C(=O)/C(=C/c2c(NCCO)nc3ccccn3c2=O)SC1=S. The molecule has 0 bridgehead atoms. The third-order valence-electron chi connectivity index (χ3n) is 4.94. The van der Waals surface area contributed by atoms with Crippen molar-refractivity contribution < 1.29 is 9.90 Å². The molecule has 0 saturated carbocycles. The maximum absolute atomic E-state index is 13.2. The Morgan fingerprint density at radius 3 is 2.68 bits per heavy atom. The van der Waals surface area contributed by atoms with Gasteiger partial charge in [0, 0.05) is 12.7 Å². The first-order valence-electron chi connectivity index (χ1n) is 9.69. The van der Waals surface area contributed by atoms with Crippen LogP contribution in [0, 0.1) is 0 Å². The molecule has 4 rings (SSSR count). The third kappa shape index (κ3) is 4.12. The van der Waals surface area contributed by atoms with Gasteiger partial charge in [0.2, 0.25) is 0 Å². The van der Waals surface area contributed by atoms with E-state index in [2.05, 4.69) is 10.3 Å². The van der Waals surface area contributed by atoms with Crippen molar-refractivity contribution in [1.82, 2.24) is 14.3 Å². The van der Waals surface area contributed by atoms with E-state index in [0.717, 1.165) is 17.3 Å². The molecule has 2 N–H and O–H groups in total. The van der Waals surface area contributed by atoms with Gasteiger partial charge in [0.15, 0.2) is 0 Å². The van der Waals surface area contributed by atoms with Gasteiger partial charge in [0.1, 0.15) is 15.8 Å². The molecule has 1 amide bonds. The molecular formula is C22H20N4O3S2. The number of hydrogen-bond donors (Lipinski definition) is 2. The number of carbonyl (C=O) groups is 1. The van der Waals surface area contributed by atoms with Crippen LogP contribution in [-0.2, 0) is 4.79 Å². The molecule has 1 aliphatic heterocycles. The summed E-state index contributed by atoms with van der Waals surface area (Å²) in [5, 5.41) is 12.2. The van der Waals surface area contributed by atoms with Gasteiger partial charge < -0.3 is 10.4 Å². The van der Waals surface area contributed by atoms with Gasteiger partial charge in [-0.3, -0.25) is 18.9 Å². The minimum absolute atomic E-state index is 0.119. The van der Waals surface area contributed by atoms with E-state index in [0.29, 0.717) is 20.7 Å². The average molecular weight is 453 g/mol. The number of amides is 1. The van der Waals surface area contributed by atoms with E-state index in [9.17, 15) is 14.7 Å². The lowest BCUT2D eigenvalue weighted by molar-refractivity contribution is -0.123. The zero-order valence-corrected chi connectivity index (χ0v) is 18.3. The van der Waals surface area contributed by atoms with Crippen molar-refractivity contribution in [3.8, 4) is 0 Å². The predicted octanol–water partition coefficient (Wildman–Crippen LogP) is 3.06. The summed E-state index contributed by atoms with van der Waals surface area (Å²) >= 11 is 6.64. The number of nitrogens with one attached hydrogen (secondary N) is 1. The summed E-state index contributed by atoms with van der Waals surface area (Å²) in [4.78, 5) is 32.7. The van der Waals surface area contributed by atoms with Crippen LogP contribution in [0.15, 0.2) is 64.4 Å². The van der Waals surface area contributed by atoms with Crippen molar-refractivity contribution in [3.63, 3.8) is 0 Å². The van der Waals surface area contributed by atoms with Gasteiger partial charge >= 0.3 is 0 Å². The first-order chi connectivity index (χ1) is 15.0. The maximum atomic E-state index is 13.2. The number of fused-ring (bicyclic) bond motifs is 1. The van der Waals surface area contributed by atoms with Gasteiger partial charge in [-0.15, -0.1) is 0 Å². The number of thiocarbonyl (C=S) groups is 1. The molecular weight excluding hydrogens is 432 g/mol. The van der Waals surface area contributed by atoms with Crippen molar-refractivity contribution in [1.29, 1.82) is 0 Å². The topological polar surface area (TPSA) is 86.9 Å². The van der Waals surface area contributed by atoms with Crippen LogP contribution in [-0.4, -0.2) is 42.8 Å². The molecule has 9 heteroatoms. The number of rotatable bonds is 6. The Morgan fingerprint density at radius 1 is 1.19 bits per heavy atom. The number of thioether (sulfide) groups is 1. The van der Waals surface area contributed by atoms with E-state index in [-0.39, 0.29) is 36.2 Å². The summed E-state index contributed by atoms with van der Waals surface area (Å²) < 4.78 is 1.86. The molecule has 1 aliphatic rings. The Balaban J connectivity index is 1.76. The lowest BCUT2D eigenvalue weighted by Gasteiger charge is -2.23. The molecule has 1 aromatic carbocycles. The maximum Gasteiger partial charge on any atom is 0.267 e. The fourth-order valence-electron chi connectivity index (χ4n) is 3.37. The highest BCUT2D eigenvalue weighted by Gasteiger charge is 2.36. The fraction of sp³-hybridized carbons (Fsp3) is 0.182. The van der Waals surface area contributed by atoms with Crippen LogP contribution < -0.4 is 10.9 Å². The second kappa shape index (κ2) is 9.01. The molecule has 31 heavy (non-hydrogen) atoms. The number of pyridine rings is 1. The Hall–Kier alpha value is -3.01. The third-order valence-corrected chi connectivity index (χ3v) is 6.27. The monoisotopic (exact) mass is 452 g/mol. The first kappa shape index (κ1) is 21.2. The fourth-order valence-corrected chi connectivity index (χ4v) is 4.77. The molecule has 0 radical (unpaired) electrons. The van der Waals surface area contributed by atoms with Crippen molar-refractivity contribution in [3.05, 3.63) is 81.1 Å². The zero-order valence-electron chi connectivity index (χ0n) is 16.7. The molecule has 1 saturated heterocycles. The first-order valence-corrected chi connectivity index (χ1v) is 10.9. The van der Waals surface area contributed by atoms with E-state index >= 15 is 0 Å². The minimum atomic E-state index is -0.313. The lowest BCUT2D eigenvalue weighted by Crippen LogP contribution is -2.31. The standard InChI is InChI=1S/C22H20N4O3S2/c1-14(15-7-3-2-4-8-15)26-21(29)17(31-22(26)30)13-16-19(23-10-12-27)24-18-9-5-6-11-25(18)20(16)28/h2-9,11,13-14,23,27H,10,12H2,1H3/b17-13-/t14-/m1/s1. The predicted molar refractivity (Wildman–Crippen MR) is 127 cm³/mol. The van der Waals surface area contributed by atoms with E-state index in [1.807, 2.05) is 37.3 Å². The summed E-state index contributed by atoms with van der Waals surface area (Å²) in [5.41, 5.74) is 1.37. The Bertz CT molecular complexity index is 1240. The van der Waals surface area contributed by atoms with Crippen LogP contribution in [0.2, 0.25) is 0 Å². The van der Waals surface area contributed by atoms with Crippen molar-refractivity contribution in [2.24, 2.45) is 0 Å². The normalized spacial score (nSPS) is 16.3.